The highest BCUT2D eigenvalue weighted by Gasteiger charge is 2.08. The van der Waals surface area contributed by atoms with E-state index in [1.165, 1.54) is 0 Å². The highest BCUT2D eigenvalue weighted by molar-refractivity contribution is 9.10. The average molecular weight is 304 g/mol. The lowest BCUT2D eigenvalue weighted by Crippen LogP contribution is -2.32. The Morgan fingerprint density at radius 3 is 2.76 bits per heavy atom. The van der Waals surface area contributed by atoms with E-state index < -0.39 is 0 Å². The van der Waals surface area contributed by atoms with Gasteiger partial charge in [0.2, 0.25) is 0 Å². The second-order valence-electron chi connectivity index (χ2n) is 3.77. The molecule has 0 aliphatic heterocycles. The third kappa shape index (κ3) is 3.90. The number of halogens is 1. The minimum Gasteiger partial charge on any atom is -0.383 e. The molecule has 0 aliphatic carbocycles. The highest BCUT2D eigenvalue weighted by Crippen LogP contribution is 2.16. The van der Waals surface area contributed by atoms with E-state index in [9.17, 15) is 4.79 Å². The topological polar surface area (TPSA) is 56.1 Å². The van der Waals surface area contributed by atoms with Crippen LogP contribution in [0.4, 0.5) is 0 Å². The number of rotatable bonds is 6. The van der Waals surface area contributed by atoms with Crippen molar-refractivity contribution in [2.45, 2.75) is 20.4 Å². The number of ether oxygens (including phenoxy) is 1. The third-order valence-electron chi connectivity index (χ3n) is 2.53. The predicted octanol–water partition coefficient (Wildman–Crippen LogP) is 0.859. The largest absolute Gasteiger partial charge is 0.383 e. The second-order valence-corrected chi connectivity index (χ2v) is 4.57. The predicted molar refractivity (Wildman–Crippen MR) is 70.4 cm³/mol. The van der Waals surface area contributed by atoms with Gasteiger partial charge in [-0.25, -0.2) is 4.79 Å². The Balaban J connectivity index is 2.65. The lowest BCUT2D eigenvalue weighted by Gasteiger charge is -2.12. The summed E-state index contributed by atoms with van der Waals surface area (Å²) in [7, 11) is 1.66. The molecule has 5 nitrogen and oxygen atoms in total. The molecule has 0 unspecified atom stereocenters. The van der Waals surface area contributed by atoms with Gasteiger partial charge in [0.25, 0.3) is 0 Å². The average Bonchev–Trinajstić information content (AvgIpc) is 2.30. The molecular formula is C11H18BrN3O2. The summed E-state index contributed by atoms with van der Waals surface area (Å²) in [5.41, 5.74) is 1.45. The third-order valence-corrected chi connectivity index (χ3v) is 3.68. The zero-order chi connectivity index (χ0) is 12.8. The first kappa shape index (κ1) is 14.3. The van der Waals surface area contributed by atoms with Gasteiger partial charge >= 0.3 is 5.69 Å². The van der Waals surface area contributed by atoms with Crippen LogP contribution in [0.25, 0.3) is 0 Å². The first-order valence-corrected chi connectivity index (χ1v) is 6.30. The molecule has 1 heterocycles. The first-order chi connectivity index (χ1) is 8.07. The molecule has 0 fully saturated rings. The Kier molecular flexibility index (Phi) is 5.80. The number of hydrogen-bond acceptors (Lipinski definition) is 4. The standard InChI is InChI=1S/C11H18BrN3O2/c1-8-10(12)9(2)15(11(16)14-8)6-4-13-5-7-17-3/h13H,4-7H2,1-3H3. The first-order valence-electron chi connectivity index (χ1n) is 5.51. The van der Waals surface area contributed by atoms with Crippen molar-refractivity contribution >= 4 is 15.9 Å². The Hall–Kier alpha value is -0.720. The van der Waals surface area contributed by atoms with Gasteiger partial charge in [0, 0.05) is 32.4 Å². The van der Waals surface area contributed by atoms with Crippen LogP contribution in [0.15, 0.2) is 9.27 Å². The van der Waals surface area contributed by atoms with Crippen LogP contribution in [0.5, 0.6) is 0 Å². The van der Waals surface area contributed by atoms with E-state index in [-0.39, 0.29) is 5.69 Å². The zero-order valence-electron chi connectivity index (χ0n) is 10.4. The van der Waals surface area contributed by atoms with Gasteiger partial charge in [0.1, 0.15) is 0 Å². The van der Waals surface area contributed by atoms with Gasteiger partial charge in [-0.2, -0.15) is 4.98 Å². The second kappa shape index (κ2) is 6.88. The Morgan fingerprint density at radius 1 is 1.41 bits per heavy atom. The van der Waals surface area contributed by atoms with Gasteiger partial charge in [-0.05, 0) is 29.8 Å². The molecule has 0 spiro atoms. The lowest BCUT2D eigenvalue weighted by molar-refractivity contribution is 0.199. The molecule has 0 amide bonds. The molecule has 0 bridgehead atoms. The molecule has 17 heavy (non-hydrogen) atoms. The minimum absolute atomic E-state index is 0.197. The van der Waals surface area contributed by atoms with E-state index in [2.05, 4.69) is 26.2 Å². The number of aryl methyl sites for hydroxylation is 1. The summed E-state index contributed by atoms with van der Waals surface area (Å²) in [6, 6.07) is 0. The molecule has 0 saturated carbocycles. The summed E-state index contributed by atoms with van der Waals surface area (Å²) in [5, 5.41) is 3.20. The van der Waals surface area contributed by atoms with Crippen molar-refractivity contribution < 1.29 is 4.74 Å². The maximum Gasteiger partial charge on any atom is 0.348 e. The van der Waals surface area contributed by atoms with Gasteiger partial charge in [-0.1, -0.05) is 0 Å². The van der Waals surface area contributed by atoms with E-state index in [4.69, 9.17) is 4.74 Å². The van der Waals surface area contributed by atoms with Crippen LogP contribution in [0.3, 0.4) is 0 Å². The van der Waals surface area contributed by atoms with Crippen LogP contribution in [0.1, 0.15) is 11.4 Å². The molecule has 1 aromatic rings. The molecule has 6 heteroatoms. The highest BCUT2D eigenvalue weighted by atomic mass is 79.9. The summed E-state index contributed by atoms with van der Waals surface area (Å²) >= 11 is 3.44. The smallest absolute Gasteiger partial charge is 0.348 e. The summed E-state index contributed by atoms with van der Waals surface area (Å²) in [5.74, 6) is 0. The van der Waals surface area contributed by atoms with Crippen molar-refractivity contribution in [3.8, 4) is 0 Å². The maximum absolute atomic E-state index is 11.7. The van der Waals surface area contributed by atoms with Crippen molar-refractivity contribution in [2.75, 3.05) is 26.8 Å². The molecular weight excluding hydrogens is 286 g/mol. The fourth-order valence-corrected chi connectivity index (χ4v) is 1.83. The molecule has 96 valence electrons. The number of methoxy groups -OCH3 is 1. The maximum atomic E-state index is 11.7. The fraction of sp³-hybridized carbons (Fsp3) is 0.636. The van der Waals surface area contributed by atoms with Crippen molar-refractivity contribution in [3.05, 3.63) is 26.3 Å². The monoisotopic (exact) mass is 303 g/mol. The van der Waals surface area contributed by atoms with E-state index >= 15 is 0 Å². The van der Waals surface area contributed by atoms with Gasteiger partial charge in [-0.15, -0.1) is 0 Å². The fourth-order valence-electron chi connectivity index (χ4n) is 1.53. The van der Waals surface area contributed by atoms with E-state index in [1.807, 2.05) is 13.8 Å². The number of hydrogen-bond donors (Lipinski definition) is 1. The summed E-state index contributed by atoms with van der Waals surface area (Å²) in [4.78, 5) is 15.7. The summed E-state index contributed by atoms with van der Waals surface area (Å²) < 4.78 is 7.49. The van der Waals surface area contributed by atoms with Crippen LogP contribution >= 0.6 is 15.9 Å². The van der Waals surface area contributed by atoms with Gasteiger partial charge in [0.15, 0.2) is 0 Å². The van der Waals surface area contributed by atoms with Crippen LogP contribution in [-0.2, 0) is 11.3 Å². The van der Waals surface area contributed by atoms with E-state index in [0.717, 1.165) is 29.0 Å². The van der Waals surface area contributed by atoms with Crippen molar-refractivity contribution in [1.29, 1.82) is 0 Å². The number of aromatic nitrogens is 2. The van der Waals surface area contributed by atoms with Crippen molar-refractivity contribution in [2.24, 2.45) is 0 Å². The lowest BCUT2D eigenvalue weighted by atomic mass is 10.3. The summed E-state index contributed by atoms with van der Waals surface area (Å²) in [6.07, 6.45) is 0. The molecule has 1 N–H and O–H groups in total. The molecule has 0 saturated heterocycles. The Labute approximate surface area is 109 Å². The molecule has 0 atom stereocenters. The normalized spacial score (nSPS) is 10.8. The SMILES string of the molecule is COCCNCCn1c(C)c(Br)c(C)nc1=O. The van der Waals surface area contributed by atoms with Gasteiger partial charge in [-0.3, -0.25) is 4.57 Å². The van der Waals surface area contributed by atoms with Crippen LogP contribution in [-0.4, -0.2) is 36.4 Å². The molecule has 1 aromatic heterocycles. The van der Waals surface area contributed by atoms with E-state index in [1.54, 1.807) is 11.7 Å². The molecule has 0 aliphatic rings. The van der Waals surface area contributed by atoms with Crippen molar-refractivity contribution in [1.82, 2.24) is 14.9 Å². The van der Waals surface area contributed by atoms with Gasteiger partial charge in [0.05, 0.1) is 16.8 Å². The molecule has 1 rings (SSSR count). The minimum atomic E-state index is -0.197. The summed E-state index contributed by atoms with van der Waals surface area (Å²) in [6.45, 7) is 6.52. The zero-order valence-corrected chi connectivity index (χ0v) is 12.0. The molecule has 0 aromatic carbocycles. The number of nitrogens with zero attached hydrogens (tertiary/aromatic N) is 2. The van der Waals surface area contributed by atoms with Crippen molar-refractivity contribution in [3.63, 3.8) is 0 Å². The van der Waals surface area contributed by atoms with Crippen LogP contribution in [0, 0.1) is 13.8 Å². The molecule has 0 radical (unpaired) electrons. The number of nitrogens with one attached hydrogen (secondary N) is 1. The van der Waals surface area contributed by atoms with E-state index in [0.29, 0.717) is 13.2 Å². The Morgan fingerprint density at radius 2 is 2.12 bits per heavy atom. The quantitative estimate of drug-likeness (QED) is 0.792. The van der Waals surface area contributed by atoms with Crippen LogP contribution < -0.4 is 11.0 Å². The Bertz CT molecular complexity index is 431. The van der Waals surface area contributed by atoms with Crippen LogP contribution in [0.2, 0.25) is 0 Å². The van der Waals surface area contributed by atoms with Gasteiger partial charge < -0.3 is 10.1 Å².